The molecule has 1 saturated heterocycles. The highest BCUT2D eigenvalue weighted by atomic mass is 16.7. The normalized spacial score (nSPS) is 29.9. The Morgan fingerprint density at radius 1 is 1.30 bits per heavy atom. The van der Waals surface area contributed by atoms with Gasteiger partial charge in [-0.2, -0.15) is 0 Å². The SMILES string of the molecule is O=[N+]([O-])c1ccc(O[C@H]2O[C@H](CO)[C@@H](O)C[C@H]2O)cc1. The van der Waals surface area contributed by atoms with E-state index < -0.39 is 36.1 Å². The summed E-state index contributed by atoms with van der Waals surface area (Å²) in [4.78, 5) is 9.98. The third kappa shape index (κ3) is 3.23. The van der Waals surface area contributed by atoms with Crippen LogP contribution in [0.5, 0.6) is 5.75 Å². The molecule has 0 radical (unpaired) electrons. The molecule has 1 heterocycles. The molecule has 1 aromatic carbocycles. The number of hydrogen-bond acceptors (Lipinski definition) is 7. The van der Waals surface area contributed by atoms with Crippen LogP contribution in [-0.2, 0) is 4.74 Å². The van der Waals surface area contributed by atoms with Crippen molar-refractivity contribution in [3.05, 3.63) is 34.4 Å². The van der Waals surface area contributed by atoms with Crippen molar-refractivity contribution in [3.8, 4) is 5.75 Å². The first kappa shape index (κ1) is 14.7. The largest absolute Gasteiger partial charge is 0.462 e. The van der Waals surface area contributed by atoms with Gasteiger partial charge < -0.3 is 24.8 Å². The molecule has 0 amide bonds. The number of rotatable bonds is 4. The predicted octanol–water partition coefficient (Wildman–Crippen LogP) is -0.197. The van der Waals surface area contributed by atoms with Gasteiger partial charge in [0, 0.05) is 18.6 Å². The molecule has 1 aliphatic heterocycles. The summed E-state index contributed by atoms with van der Waals surface area (Å²) in [6.45, 7) is -0.395. The Morgan fingerprint density at radius 2 is 1.95 bits per heavy atom. The van der Waals surface area contributed by atoms with E-state index in [0.717, 1.165) is 0 Å². The quantitative estimate of drug-likeness (QED) is 0.517. The maximum absolute atomic E-state index is 10.5. The fraction of sp³-hybridized carbons (Fsp3) is 0.500. The minimum atomic E-state index is -1.05. The van der Waals surface area contributed by atoms with E-state index in [1.54, 1.807) is 0 Å². The summed E-state index contributed by atoms with van der Waals surface area (Å²) in [5.74, 6) is 0.285. The van der Waals surface area contributed by atoms with Gasteiger partial charge in [-0.1, -0.05) is 0 Å². The number of nitro benzene ring substituents is 1. The second kappa shape index (κ2) is 6.14. The molecule has 3 N–H and O–H groups in total. The average Bonchev–Trinajstić information content (AvgIpc) is 2.42. The summed E-state index contributed by atoms with van der Waals surface area (Å²) in [7, 11) is 0. The van der Waals surface area contributed by atoms with Crippen LogP contribution in [0.1, 0.15) is 6.42 Å². The average molecular weight is 285 g/mol. The maximum atomic E-state index is 10.5. The number of nitro groups is 1. The van der Waals surface area contributed by atoms with E-state index in [0.29, 0.717) is 0 Å². The minimum Gasteiger partial charge on any atom is -0.462 e. The van der Waals surface area contributed by atoms with Gasteiger partial charge >= 0.3 is 0 Å². The Bertz CT molecular complexity index is 463. The first-order valence-electron chi connectivity index (χ1n) is 6.05. The molecular formula is C12H15NO7. The van der Waals surface area contributed by atoms with Crippen molar-refractivity contribution in [1.29, 1.82) is 0 Å². The zero-order chi connectivity index (χ0) is 14.7. The molecule has 1 aromatic rings. The first-order valence-corrected chi connectivity index (χ1v) is 6.05. The van der Waals surface area contributed by atoms with Gasteiger partial charge in [0.1, 0.15) is 18.0 Å². The first-order chi connectivity index (χ1) is 9.51. The van der Waals surface area contributed by atoms with E-state index in [1.165, 1.54) is 24.3 Å². The second-order valence-corrected chi connectivity index (χ2v) is 4.46. The Balaban J connectivity index is 2.03. The number of non-ortho nitro benzene ring substituents is 1. The van der Waals surface area contributed by atoms with E-state index in [2.05, 4.69) is 0 Å². The predicted molar refractivity (Wildman–Crippen MR) is 66.1 cm³/mol. The van der Waals surface area contributed by atoms with Crippen molar-refractivity contribution in [2.24, 2.45) is 0 Å². The number of aliphatic hydroxyl groups excluding tert-OH is 3. The van der Waals surface area contributed by atoms with Crippen LogP contribution in [0.25, 0.3) is 0 Å². The van der Waals surface area contributed by atoms with Crippen LogP contribution in [-0.4, -0.2) is 51.5 Å². The van der Waals surface area contributed by atoms with Crippen molar-refractivity contribution in [2.75, 3.05) is 6.61 Å². The highest BCUT2D eigenvalue weighted by Gasteiger charge is 2.37. The number of hydrogen-bond donors (Lipinski definition) is 3. The molecule has 0 saturated carbocycles. The van der Waals surface area contributed by atoms with Crippen molar-refractivity contribution < 1.29 is 29.7 Å². The third-order valence-electron chi connectivity index (χ3n) is 3.01. The van der Waals surface area contributed by atoms with Crippen LogP contribution in [0.3, 0.4) is 0 Å². The van der Waals surface area contributed by atoms with Gasteiger partial charge in [-0.3, -0.25) is 10.1 Å². The number of aliphatic hydroxyl groups is 3. The molecule has 8 nitrogen and oxygen atoms in total. The van der Waals surface area contributed by atoms with E-state index in [9.17, 15) is 20.3 Å². The number of ether oxygens (including phenoxy) is 2. The van der Waals surface area contributed by atoms with E-state index in [-0.39, 0.29) is 17.9 Å². The molecule has 4 atom stereocenters. The van der Waals surface area contributed by atoms with Gasteiger partial charge in [-0.05, 0) is 12.1 Å². The topological polar surface area (TPSA) is 122 Å². The minimum absolute atomic E-state index is 0.0167. The van der Waals surface area contributed by atoms with Gasteiger partial charge in [0.2, 0.25) is 6.29 Å². The summed E-state index contributed by atoms with van der Waals surface area (Å²) < 4.78 is 10.6. The second-order valence-electron chi connectivity index (χ2n) is 4.46. The molecular weight excluding hydrogens is 270 g/mol. The van der Waals surface area contributed by atoms with Crippen LogP contribution in [0.15, 0.2) is 24.3 Å². The molecule has 110 valence electrons. The lowest BCUT2D eigenvalue weighted by atomic mass is 10.0. The molecule has 1 aliphatic rings. The van der Waals surface area contributed by atoms with Crippen molar-refractivity contribution >= 4 is 5.69 Å². The van der Waals surface area contributed by atoms with Crippen LogP contribution in [0.4, 0.5) is 5.69 Å². The summed E-state index contributed by atoms with van der Waals surface area (Å²) in [6.07, 6.45) is -3.88. The summed E-state index contributed by atoms with van der Waals surface area (Å²) in [5, 5.41) is 38.9. The highest BCUT2D eigenvalue weighted by molar-refractivity contribution is 5.36. The lowest BCUT2D eigenvalue weighted by Crippen LogP contribution is -2.50. The fourth-order valence-electron chi connectivity index (χ4n) is 1.92. The molecule has 0 spiro atoms. The Kier molecular flexibility index (Phi) is 4.50. The van der Waals surface area contributed by atoms with Crippen LogP contribution < -0.4 is 4.74 Å². The summed E-state index contributed by atoms with van der Waals surface area (Å²) in [5.41, 5.74) is -0.0777. The van der Waals surface area contributed by atoms with Crippen molar-refractivity contribution in [2.45, 2.75) is 31.0 Å². The van der Waals surface area contributed by atoms with Gasteiger partial charge in [0.25, 0.3) is 5.69 Å². The standard InChI is InChI=1S/C12H15NO7/c14-6-11-9(15)5-10(16)12(20-11)19-8-3-1-7(2-4-8)13(17)18/h1-4,9-12,14-16H,5-6H2/t9-,10+,11+,12-/m0/s1. The number of benzene rings is 1. The van der Waals surface area contributed by atoms with Gasteiger partial charge in [-0.25, -0.2) is 0 Å². The van der Waals surface area contributed by atoms with Gasteiger partial charge in [0.15, 0.2) is 0 Å². The maximum Gasteiger partial charge on any atom is 0.269 e. The van der Waals surface area contributed by atoms with Crippen LogP contribution in [0, 0.1) is 10.1 Å². The van der Waals surface area contributed by atoms with E-state index in [1.807, 2.05) is 0 Å². The number of nitrogens with zero attached hydrogens (tertiary/aromatic N) is 1. The van der Waals surface area contributed by atoms with Gasteiger partial charge in [-0.15, -0.1) is 0 Å². The third-order valence-corrected chi connectivity index (χ3v) is 3.01. The molecule has 2 rings (SSSR count). The van der Waals surface area contributed by atoms with Crippen molar-refractivity contribution in [3.63, 3.8) is 0 Å². The lowest BCUT2D eigenvalue weighted by Gasteiger charge is -2.36. The molecule has 20 heavy (non-hydrogen) atoms. The Morgan fingerprint density at radius 3 is 2.50 bits per heavy atom. The van der Waals surface area contributed by atoms with Gasteiger partial charge in [0.05, 0.1) is 17.6 Å². The zero-order valence-electron chi connectivity index (χ0n) is 10.5. The zero-order valence-corrected chi connectivity index (χ0v) is 10.5. The summed E-state index contributed by atoms with van der Waals surface area (Å²) >= 11 is 0. The Labute approximate surface area is 114 Å². The monoisotopic (exact) mass is 285 g/mol. The van der Waals surface area contributed by atoms with Crippen molar-refractivity contribution in [1.82, 2.24) is 0 Å². The smallest absolute Gasteiger partial charge is 0.269 e. The molecule has 0 unspecified atom stereocenters. The summed E-state index contributed by atoms with van der Waals surface area (Å²) in [6, 6.07) is 5.30. The van der Waals surface area contributed by atoms with Crippen LogP contribution in [0.2, 0.25) is 0 Å². The molecule has 8 heteroatoms. The Hall–Kier alpha value is -1.74. The molecule has 0 bridgehead atoms. The van der Waals surface area contributed by atoms with Crippen LogP contribution >= 0.6 is 0 Å². The van der Waals surface area contributed by atoms with E-state index >= 15 is 0 Å². The molecule has 1 fully saturated rings. The molecule has 0 aliphatic carbocycles. The molecule has 0 aromatic heterocycles. The fourth-order valence-corrected chi connectivity index (χ4v) is 1.92. The highest BCUT2D eigenvalue weighted by Crippen LogP contribution is 2.25. The lowest BCUT2D eigenvalue weighted by molar-refractivity contribution is -0.384. The van der Waals surface area contributed by atoms with E-state index in [4.69, 9.17) is 14.6 Å².